The minimum absolute atomic E-state index is 0.303. The fourth-order valence-electron chi connectivity index (χ4n) is 4.71. The highest BCUT2D eigenvalue weighted by atomic mass is 16.5. The van der Waals surface area contributed by atoms with Gasteiger partial charge in [0.1, 0.15) is 0 Å². The number of likely N-dealkylation sites (tertiary alicyclic amines) is 1. The zero-order valence-corrected chi connectivity index (χ0v) is 15.4. The smallest absolute Gasteiger partial charge is 0.217 e. The van der Waals surface area contributed by atoms with Gasteiger partial charge in [0.15, 0.2) is 0 Å². The van der Waals surface area contributed by atoms with E-state index in [1.165, 1.54) is 24.8 Å². The number of hydrogen-bond acceptors (Lipinski definition) is 5. The Balaban J connectivity index is 1.38. The van der Waals surface area contributed by atoms with Gasteiger partial charge in [0.25, 0.3) is 0 Å². The Kier molecular flexibility index (Phi) is 5.18. The molecule has 4 rings (SSSR count). The van der Waals surface area contributed by atoms with Crippen LogP contribution in [0.3, 0.4) is 0 Å². The average molecular weight is 353 g/mol. The summed E-state index contributed by atoms with van der Waals surface area (Å²) in [7, 11) is 1.69. The first-order valence-electron chi connectivity index (χ1n) is 9.46. The van der Waals surface area contributed by atoms with Crippen LogP contribution in [0.2, 0.25) is 0 Å². The second-order valence-corrected chi connectivity index (χ2v) is 7.65. The zero-order valence-electron chi connectivity index (χ0n) is 15.4. The van der Waals surface area contributed by atoms with E-state index in [0.717, 1.165) is 43.6 Å². The predicted octanol–water partition coefficient (Wildman–Crippen LogP) is 3.30. The molecule has 1 aliphatic carbocycles. The summed E-state index contributed by atoms with van der Waals surface area (Å²) < 4.78 is 11.6. The van der Waals surface area contributed by atoms with Crippen molar-refractivity contribution in [2.75, 3.05) is 26.8 Å². The summed E-state index contributed by atoms with van der Waals surface area (Å²) in [5.74, 6) is 1.48. The number of methoxy groups -OCH3 is 1. The van der Waals surface area contributed by atoms with Gasteiger partial charge >= 0.3 is 0 Å². The van der Waals surface area contributed by atoms with Gasteiger partial charge in [0.2, 0.25) is 5.88 Å². The van der Waals surface area contributed by atoms with E-state index in [2.05, 4.69) is 27.0 Å². The summed E-state index contributed by atoms with van der Waals surface area (Å²) in [6.07, 6.45) is 9.39. The van der Waals surface area contributed by atoms with Crippen molar-refractivity contribution in [1.82, 2.24) is 14.9 Å². The predicted molar refractivity (Wildman–Crippen MR) is 99.7 cm³/mol. The van der Waals surface area contributed by atoms with Gasteiger partial charge in [-0.15, -0.1) is 0 Å². The Hall–Kier alpha value is -1.98. The number of rotatable bonds is 7. The topological polar surface area (TPSA) is 47.5 Å². The minimum atomic E-state index is 0.303. The van der Waals surface area contributed by atoms with Gasteiger partial charge in [-0.1, -0.05) is 18.6 Å². The Bertz CT molecular complexity index is 724. The van der Waals surface area contributed by atoms with Gasteiger partial charge in [-0.05, 0) is 36.5 Å². The van der Waals surface area contributed by atoms with Crippen LogP contribution in [0.25, 0.3) is 0 Å². The molecule has 1 aliphatic heterocycles. The highest BCUT2D eigenvalue weighted by Crippen LogP contribution is 2.49. The van der Waals surface area contributed by atoms with E-state index >= 15 is 0 Å². The molecular weight excluding hydrogens is 326 g/mol. The fourth-order valence-corrected chi connectivity index (χ4v) is 4.71. The molecule has 1 saturated heterocycles. The van der Waals surface area contributed by atoms with Crippen molar-refractivity contribution in [3.8, 4) is 5.88 Å². The van der Waals surface area contributed by atoms with E-state index in [-0.39, 0.29) is 0 Å². The highest BCUT2D eigenvalue weighted by Gasteiger charge is 2.49. The quantitative estimate of drug-likeness (QED) is 0.764. The summed E-state index contributed by atoms with van der Waals surface area (Å²) in [6, 6.07) is 8.15. The summed E-state index contributed by atoms with van der Waals surface area (Å²) in [6.45, 7) is 4.64. The van der Waals surface area contributed by atoms with E-state index in [1.54, 1.807) is 19.5 Å². The first-order valence-corrected chi connectivity index (χ1v) is 9.46. The van der Waals surface area contributed by atoms with E-state index in [4.69, 9.17) is 9.47 Å². The minimum Gasteiger partial charge on any atom is -0.481 e. The third kappa shape index (κ3) is 3.60. The van der Waals surface area contributed by atoms with Crippen LogP contribution in [-0.2, 0) is 17.9 Å². The molecule has 0 radical (unpaired) electrons. The second-order valence-electron chi connectivity index (χ2n) is 7.65. The Morgan fingerprint density at radius 2 is 2.19 bits per heavy atom. The van der Waals surface area contributed by atoms with Gasteiger partial charge in [0, 0.05) is 49.2 Å². The number of hydrogen-bond donors (Lipinski definition) is 0. The molecule has 2 aromatic heterocycles. The maximum Gasteiger partial charge on any atom is 0.217 e. The van der Waals surface area contributed by atoms with Gasteiger partial charge in [-0.3, -0.25) is 9.88 Å². The van der Waals surface area contributed by atoms with Crippen LogP contribution in [0, 0.1) is 11.3 Å². The third-order valence-electron chi connectivity index (χ3n) is 5.93. The van der Waals surface area contributed by atoms with Crippen LogP contribution < -0.4 is 4.74 Å². The van der Waals surface area contributed by atoms with E-state index < -0.39 is 0 Å². The molecule has 5 nitrogen and oxygen atoms in total. The largest absolute Gasteiger partial charge is 0.481 e. The second kappa shape index (κ2) is 7.72. The highest BCUT2D eigenvalue weighted by molar-refractivity contribution is 5.25. The molecule has 2 aromatic rings. The molecule has 5 heteroatoms. The lowest BCUT2D eigenvalue weighted by Crippen LogP contribution is -2.32. The van der Waals surface area contributed by atoms with Crippen molar-refractivity contribution < 1.29 is 9.47 Å². The molecule has 3 heterocycles. The van der Waals surface area contributed by atoms with Crippen LogP contribution >= 0.6 is 0 Å². The van der Waals surface area contributed by atoms with Crippen molar-refractivity contribution in [2.24, 2.45) is 11.3 Å². The molecule has 0 aromatic carbocycles. The van der Waals surface area contributed by atoms with Gasteiger partial charge < -0.3 is 9.47 Å². The monoisotopic (exact) mass is 353 g/mol. The summed E-state index contributed by atoms with van der Waals surface area (Å²) in [4.78, 5) is 11.1. The van der Waals surface area contributed by atoms with Crippen molar-refractivity contribution in [3.63, 3.8) is 0 Å². The van der Waals surface area contributed by atoms with Crippen LogP contribution in [0.4, 0.5) is 0 Å². The summed E-state index contributed by atoms with van der Waals surface area (Å²) >= 11 is 0. The Morgan fingerprint density at radius 1 is 1.27 bits per heavy atom. The van der Waals surface area contributed by atoms with E-state index in [0.29, 0.717) is 12.0 Å². The molecule has 0 spiro atoms. The van der Waals surface area contributed by atoms with E-state index in [9.17, 15) is 0 Å². The molecule has 138 valence electrons. The number of ether oxygens (including phenoxy) is 2. The molecule has 2 fully saturated rings. The molecule has 2 atom stereocenters. The molecular formula is C21H27N3O2. The van der Waals surface area contributed by atoms with Crippen molar-refractivity contribution >= 4 is 0 Å². The van der Waals surface area contributed by atoms with E-state index in [1.807, 2.05) is 18.3 Å². The van der Waals surface area contributed by atoms with Crippen LogP contribution in [0.5, 0.6) is 5.88 Å². The lowest BCUT2D eigenvalue weighted by Gasteiger charge is -2.29. The van der Waals surface area contributed by atoms with Gasteiger partial charge in [0.05, 0.1) is 20.3 Å². The van der Waals surface area contributed by atoms with Crippen LogP contribution in [0.1, 0.15) is 30.4 Å². The lowest BCUT2D eigenvalue weighted by atomic mass is 9.81. The molecule has 26 heavy (non-hydrogen) atoms. The first-order chi connectivity index (χ1) is 12.8. The Morgan fingerprint density at radius 3 is 3.04 bits per heavy atom. The molecule has 0 N–H and O–H groups in total. The average Bonchev–Trinajstić information content (AvgIpc) is 3.19. The molecule has 2 aliphatic rings. The maximum atomic E-state index is 6.15. The van der Waals surface area contributed by atoms with Crippen LogP contribution in [0.15, 0.2) is 42.9 Å². The maximum absolute atomic E-state index is 6.15. The number of nitrogens with zero attached hydrogens (tertiary/aromatic N) is 3. The Labute approximate surface area is 155 Å². The van der Waals surface area contributed by atoms with Gasteiger partial charge in [-0.2, -0.15) is 0 Å². The van der Waals surface area contributed by atoms with Crippen molar-refractivity contribution in [3.05, 3.63) is 54.0 Å². The molecule has 0 amide bonds. The molecule has 0 unspecified atom stereocenters. The third-order valence-corrected chi connectivity index (χ3v) is 5.93. The zero-order chi connectivity index (χ0) is 17.8. The normalized spacial score (nSPS) is 25.3. The standard InChI is InChI=1S/C21H27N3O2/c1-25-20-18(6-4-10-23-20)12-24-13-19-7-2-8-21(19,15-24)16-26-14-17-5-3-9-22-11-17/h3-6,9-11,19H,2,7-8,12-16H2,1H3/t19-,21+/m0/s1. The SMILES string of the molecule is COc1ncccc1CN1C[C@@H]2CCC[C@]2(COCc2cccnc2)C1. The fraction of sp³-hybridized carbons (Fsp3) is 0.524. The number of aromatic nitrogens is 2. The van der Waals surface area contributed by atoms with Crippen LogP contribution in [-0.4, -0.2) is 41.7 Å². The van der Waals surface area contributed by atoms with Crippen molar-refractivity contribution in [2.45, 2.75) is 32.4 Å². The van der Waals surface area contributed by atoms with Crippen molar-refractivity contribution in [1.29, 1.82) is 0 Å². The molecule has 1 saturated carbocycles. The number of fused-ring (bicyclic) bond motifs is 1. The summed E-state index contributed by atoms with van der Waals surface area (Å²) in [5, 5.41) is 0. The summed E-state index contributed by atoms with van der Waals surface area (Å²) in [5.41, 5.74) is 2.62. The number of pyridine rings is 2. The first kappa shape index (κ1) is 17.4. The molecule has 0 bridgehead atoms. The van der Waals surface area contributed by atoms with Gasteiger partial charge in [-0.25, -0.2) is 4.98 Å². The lowest BCUT2D eigenvalue weighted by molar-refractivity contribution is 0.0265.